The van der Waals surface area contributed by atoms with E-state index in [1.54, 1.807) is 7.05 Å². The lowest BCUT2D eigenvalue weighted by atomic mass is 9.97. The molecule has 5 aromatic rings. The van der Waals surface area contributed by atoms with Crippen molar-refractivity contribution in [2.75, 3.05) is 0 Å². The molecule has 0 spiro atoms. The minimum absolute atomic E-state index is 0.278. The molecule has 36 heavy (non-hydrogen) atoms. The molecule has 8 heteroatoms. The zero-order valence-electron chi connectivity index (χ0n) is 20.5. The second-order valence-electron chi connectivity index (χ2n) is 9.37. The maximum absolute atomic E-state index is 13.0. The molecule has 5 rings (SSSR count). The van der Waals surface area contributed by atoms with Gasteiger partial charge in [-0.25, -0.2) is 15.0 Å². The molecule has 0 atom stereocenters. The zero-order valence-corrected chi connectivity index (χ0v) is 20.5. The third-order valence-corrected chi connectivity index (χ3v) is 6.40. The molecule has 2 aromatic carbocycles. The van der Waals surface area contributed by atoms with Crippen molar-refractivity contribution in [2.24, 2.45) is 14.1 Å². The Morgan fingerprint density at radius 1 is 0.889 bits per heavy atom. The van der Waals surface area contributed by atoms with Crippen LogP contribution < -0.4 is 0 Å². The maximum atomic E-state index is 13.0. The summed E-state index contributed by atoms with van der Waals surface area (Å²) in [6.07, 6.45) is 1.09. The summed E-state index contributed by atoms with van der Waals surface area (Å²) in [4.78, 5) is 13.4. The second kappa shape index (κ2) is 8.93. The van der Waals surface area contributed by atoms with Crippen LogP contribution in [0.1, 0.15) is 42.1 Å². The lowest BCUT2D eigenvalue weighted by molar-refractivity contribution is -0.140. The first-order valence-electron chi connectivity index (χ1n) is 11.7. The summed E-state index contributed by atoms with van der Waals surface area (Å²) in [5, 5.41) is 0. The molecule has 3 heterocycles. The normalized spacial score (nSPS) is 12.1. The smallest absolute Gasteiger partial charge is 0.348 e. The number of imidazole rings is 1. The summed E-state index contributed by atoms with van der Waals surface area (Å²) in [5.41, 5.74) is 5.89. The van der Waals surface area contributed by atoms with Gasteiger partial charge in [0.05, 0.1) is 17.2 Å². The average molecular weight is 490 g/mol. The molecule has 0 bridgehead atoms. The van der Waals surface area contributed by atoms with Crippen LogP contribution in [0.15, 0.2) is 67.1 Å². The van der Waals surface area contributed by atoms with Crippen molar-refractivity contribution >= 4 is 11.0 Å². The Hall–Kier alpha value is -3.94. The van der Waals surface area contributed by atoms with Crippen molar-refractivity contribution in [1.29, 1.82) is 0 Å². The predicted octanol–water partition coefficient (Wildman–Crippen LogP) is 6.77. The van der Waals surface area contributed by atoms with E-state index in [4.69, 9.17) is 4.98 Å². The first-order valence-corrected chi connectivity index (χ1v) is 11.7. The molecule has 0 saturated heterocycles. The number of benzene rings is 2. The Bertz CT molecular complexity index is 1540. The highest BCUT2D eigenvalue weighted by molar-refractivity contribution is 5.81. The van der Waals surface area contributed by atoms with E-state index in [0.29, 0.717) is 23.7 Å². The number of fused-ring (bicyclic) bond motifs is 1. The first-order chi connectivity index (χ1) is 17.1. The Morgan fingerprint density at radius 3 is 2.28 bits per heavy atom. The Labute approximate surface area is 207 Å². The zero-order chi connectivity index (χ0) is 25.6. The summed E-state index contributed by atoms with van der Waals surface area (Å²) in [6.45, 7) is 4.31. The molecular formula is C28H26F3N5. The van der Waals surface area contributed by atoms with Gasteiger partial charge in [-0.1, -0.05) is 62.4 Å². The van der Waals surface area contributed by atoms with Gasteiger partial charge in [0.15, 0.2) is 11.5 Å². The van der Waals surface area contributed by atoms with E-state index < -0.39 is 11.9 Å². The summed E-state index contributed by atoms with van der Waals surface area (Å²) < 4.78 is 42.5. The number of rotatable bonds is 5. The molecule has 3 aromatic heterocycles. The van der Waals surface area contributed by atoms with Gasteiger partial charge in [-0.2, -0.15) is 13.2 Å². The number of nitrogens with zero attached hydrogens (tertiary/aromatic N) is 5. The molecule has 184 valence electrons. The van der Waals surface area contributed by atoms with Crippen LogP contribution in [0.2, 0.25) is 0 Å². The third-order valence-electron chi connectivity index (χ3n) is 6.40. The Balaban J connectivity index is 1.47. The van der Waals surface area contributed by atoms with Crippen LogP contribution in [-0.4, -0.2) is 24.1 Å². The number of alkyl halides is 3. The number of halogens is 3. The molecule has 0 saturated carbocycles. The van der Waals surface area contributed by atoms with Gasteiger partial charge < -0.3 is 9.13 Å². The monoisotopic (exact) mass is 489 g/mol. The number of hydrogen-bond acceptors (Lipinski definition) is 3. The number of aromatic nitrogens is 5. The van der Waals surface area contributed by atoms with Crippen molar-refractivity contribution in [3.63, 3.8) is 0 Å². The Morgan fingerprint density at radius 2 is 1.61 bits per heavy atom. The van der Waals surface area contributed by atoms with Gasteiger partial charge >= 0.3 is 6.18 Å². The molecule has 0 aliphatic carbocycles. The molecule has 0 fully saturated rings. The van der Waals surface area contributed by atoms with Crippen LogP contribution in [0, 0.1) is 0 Å². The molecule has 0 aliphatic rings. The Kier molecular flexibility index (Phi) is 5.90. The lowest BCUT2D eigenvalue weighted by Crippen LogP contribution is -2.04. The van der Waals surface area contributed by atoms with E-state index in [0.717, 1.165) is 33.9 Å². The van der Waals surface area contributed by atoms with Gasteiger partial charge in [-0.05, 0) is 17.0 Å². The molecular weight excluding hydrogens is 463 g/mol. The standard InChI is InChI=1S/C28H26F3N5/c1-17(2)21-7-5-6-8-22(21)26-32-14-23-25(34-26)20(15-35(23)3)13-18-9-11-19(12-10-18)27-33-24(16-36(27)4)28(29,30)31/h5-12,14-17H,13H2,1-4H3. The molecule has 0 N–H and O–H groups in total. The topological polar surface area (TPSA) is 48.5 Å². The summed E-state index contributed by atoms with van der Waals surface area (Å²) >= 11 is 0. The minimum Gasteiger partial charge on any atom is -0.348 e. The van der Waals surface area contributed by atoms with Crippen LogP contribution in [0.3, 0.4) is 0 Å². The fourth-order valence-electron chi connectivity index (χ4n) is 4.56. The van der Waals surface area contributed by atoms with Crippen molar-refractivity contribution in [3.05, 3.63) is 89.5 Å². The van der Waals surface area contributed by atoms with E-state index >= 15 is 0 Å². The van der Waals surface area contributed by atoms with Gasteiger partial charge in [-0.3, -0.25) is 0 Å². The lowest BCUT2D eigenvalue weighted by Gasteiger charge is -2.11. The van der Waals surface area contributed by atoms with Gasteiger partial charge in [0.1, 0.15) is 5.82 Å². The quantitative estimate of drug-likeness (QED) is 0.274. The van der Waals surface area contributed by atoms with Crippen LogP contribution in [-0.2, 0) is 26.7 Å². The summed E-state index contributed by atoms with van der Waals surface area (Å²) in [5.74, 6) is 1.32. The number of hydrogen-bond donors (Lipinski definition) is 0. The van der Waals surface area contributed by atoms with Crippen LogP contribution in [0.25, 0.3) is 33.8 Å². The molecule has 0 radical (unpaired) electrons. The first kappa shape index (κ1) is 23.8. The van der Waals surface area contributed by atoms with Crippen LogP contribution in [0.5, 0.6) is 0 Å². The van der Waals surface area contributed by atoms with Crippen LogP contribution in [0.4, 0.5) is 13.2 Å². The van der Waals surface area contributed by atoms with Gasteiger partial charge in [-0.15, -0.1) is 0 Å². The van der Waals surface area contributed by atoms with E-state index in [1.807, 2.05) is 54.2 Å². The van der Waals surface area contributed by atoms with E-state index in [9.17, 15) is 13.2 Å². The van der Waals surface area contributed by atoms with Gasteiger partial charge in [0, 0.05) is 49.6 Å². The second-order valence-corrected chi connectivity index (χ2v) is 9.37. The van der Waals surface area contributed by atoms with Crippen molar-refractivity contribution < 1.29 is 13.2 Å². The summed E-state index contributed by atoms with van der Waals surface area (Å²) in [6, 6.07) is 15.7. The minimum atomic E-state index is -4.47. The van der Waals surface area contributed by atoms with E-state index in [1.165, 1.54) is 10.1 Å². The SMILES string of the molecule is CC(C)c1ccccc1-c1ncc2c(n1)c(Cc1ccc(-c3nc(C(F)(F)F)cn3C)cc1)cn2C. The van der Waals surface area contributed by atoms with E-state index in [2.05, 4.69) is 42.1 Å². The fraction of sp³-hybridized carbons (Fsp3) is 0.250. The van der Waals surface area contributed by atoms with Crippen LogP contribution >= 0.6 is 0 Å². The van der Waals surface area contributed by atoms with Gasteiger partial charge in [0.2, 0.25) is 0 Å². The fourth-order valence-corrected chi connectivity index (χ4v) is 4.56. The highest BCUT2D eigenvalue weighted by Crippen LogP contribution is 2.32. The highest BCUT2D eigenvalue weighted by atomic mass is 19.4. The van der Waals surface area contributed by atoms with E-state index in [-0.39, 0.29) is 5.82 Å². The largest absolute Gasteiger partial charge is 0.434 e. The maximum Gasteiger partial charge on any atom is 0.434 e. The molecule has 0 aliphatic heterocycles. The van der Waals surface area contributed by atoms with Crippen molar-refractivity contribution in [3.8, 4) is 22.8 Å². The average Bonchev–Trinajstić information content (AvgIpc) is 3.39. The molecule has 5 nitrogen and oxygen atoms in total. The third kappa shape index (κ3) is 4.39. The molecule has 0 amide bonds. The number of aryl methyl sites for hydroxylation is 2. The van der Waals surface area contributed by atoms with Gasteiger partial charge in [0.25, 0.3) is 0 Å². The highest BCUT2D eigenvalue weighted by Gasteiger charge is 2.34. The molecule has 0 unspecified atom stereocenters. The summed E-state index contributed by atoms with van der Waals surface area (Å²) in [7, 11) is 3.54. The van der Waals surface area contributed by atoms with Crippen molar-refractivity contribution in [2.45, 2.75) is 32.4 Å². The van der Waals surface area contributed by atoms with Crippen molar-refractivity contribution in [1.82, 2.24) is 24.1 Å². The predicted molar refractivity (Wildman–Crippen MR) is 134 cm³/mol.